The Hall–Kier alpha value is -3.92. The van der Waals surface area contributed by atoms with Gasteiger partial charge in [-0.25, -0.2) is 0 Å². The van der Waals surface area contributed by atoms with Crippen LogP contribution in [-0.4, -0.2) is 46.2 Å². The fraction of sp³-hybridized carbons (Fsp3) is 0.280. The molecule has 0 unspecified atom stereocenters. The van der Waals surface area contributed by atoms with Crippen LogP contribution in [0.1, 0.15) is 11.1 Å². The first kappa shape index (κ1) is 25.7. The van der Waals surface area contributed by atoms with Crippen molar-refractivity contribution >= 4 is 0 Å². The Morgan fingerprint density at radius 3 is 1.03 bits per heavy atom. The Balaban J connectivity index is 2.21. The van der Waals surface area contributed by atoms with Crippen molar-refractivity contribution in [2.24, 2.45) is 0 Å². The highest BCUT2D eigenvalue weighted by molar-refractivity contribution is 5.61. The number of hydrogen-bond donors (Lipinski definition) is 0. The van der Waals surface area contributed by atoms with Crippen LogP contribution >= 0.6 is 0 Å². The molecule has 3 rings (SSSR count). The summed E-state index contributed by atoms with van der Waals surface area (Å²) in [5.74, 6) is -7.39. The third kappa shape index (κ3) is 4.57. The third-order valence-corrected chi connectivity index (χ3v) is 5.03. The van der Waals surface area contributed by atoms with Gasteiger partial charge in [0.1, 0.15) is 23.0 Å². The molecule has 1 aliphatic carbocycles. The van der Waals surface area contributed by atoms with Crippen LogP contribution < -0.4 is 18.9 Å². The van der Waals surface area contributed by atoms with Crippen molar-refractivity contribution in [3.05, 3.63) is 58.7 Å². The molecule has 0 saturated heterocycles. The summed E-state index contributed by atoms with van der Waals surface area (Å²) in [6, 6.07) is 8.10. The van der Waals surface area contributed by atoms with Crippen molar-refractivity contribution in [2.45, 2.75) is 17.8 Å². The Morgan fingerprint density at radius 1 is 0.486 bits per heavy atom. The Labute approximate surface area is 197 Å². The highest BCUT2D eigenvalue weighted by atomic mass is 19.3. The van der Waals surface area contributed by atoms with Gasteiger partial charge in [0.05, 0.1) is 39.6 Å². The zero-order chi connectivity index (χ0) is 26.0. The lowest BCUT2D eigenvalue weighted by Crippen LogP contribution is -2.49. The molecular formula is C25H18F6O4. The first-order valence-corrected chi connectivity index (χ1v) is 9.80. The second-order valence-electron chi connectivity index (χ2n) is 7.18. The normalized spacial score (nSPS) is 17.0. The highest BCUT2D eigenvalue weighted by Crippen LogP contribution is 2.58. The Bertz CT molecular complexity index is 1150. The van der Waals surface area contributed by atoms with Gasteiger partial charge in [0.25, 0.3) is 0 Å². The predicted molar refractivity (Wildman–Crippen MR) is 115 cm³/mol. The average molecular weight is 496 g/mol. The molecule has 35 heavy (non-hydrogen) atoms. The van der Waals surface area contributed by atoms with Gasteiger partial charge in [-0.1, -0.05) is 23.7 Å². The maximum absolute atomic E-state index is 14.5. The van der Waals surface area contributed by atoms with E-state index in [9.17, 15) is 26.3 Å². The molecular weight excluding hydrogens is 478 g/mol. The van der Waals surface area contributed by atoms with E-state index in [1.165, 1.54) is 64.8 Å². The van der Waals surface area contributed by atoms with Gasteiger partial charge in [-0.15, -0.1) is 0 Å². The Kier molecular flexibility index (Phi) is 6.89. The van der Waals surface area contributed by atoms with Crippen LogP contribution in [0.25, 0.3) is 0 Å². The van der Waals surface area contributed by atoms with Gasteiger partial charge >= 0.3 is 17.8 Å². The van der Waals surface area contributed by atoms with Crippen molar-refractivity contribution in [3.8, 4) is 46.7 Å². The fourth-order valence-electron chi connectivity index (χ4n) is 3.14. The first-order valence-electron chi connectivity index (χ1n) is 9.80. The number of methoxy groups -OCH3 is 4. The van der Waals surface area contributed by atoms with E-state index in [2.05, 4.69) is 11.8 Å². The molecule has 184 valence electrons. The van der Waals surface area contributed by atoms with E-state index in [1.54, 1.807) is 11.8 Å². The molecule has 4 nitrogen and oxygen atoms in total. The van der Waals surface area contributed by atoms with Gasteiger partial charge < -0.3 is 18.9 Å². The quantitative estimate of drug-likeness (QED) is 0.423. The molecule has 0 heterocycles. The van der Waals surface area contributed by atoms with E-state index < -0.39 is 28.9 Å². The van der Waals surface area contributed by atoms with E-state index >= 15 is 0 Å². The average Bonchev–Trinajstić information content (AvgIpc) is 2.93. The van der Waals surface area contributed by atoms with Gasteiger partial charge in [0, 0.05) is 23.3 Å². The number of alkyl halides is 6. The summed E-state index contributed by atoms with van der Waals surface area (Å²) in [5, 5.41) is 0. The molecule has 0 amide bonds. The number of hydrogen-bond acceptors (Lipinski definition) is 4. The molecule has 0 aromatic heterocycles. The summed E-state index contributed by atoms with van der Waals surface area (Å²) in [5.41, 5.74) is -3.55. The molecule has 0 radical (unpaired) electrons. The van der Waals surface area contributed by atoms with Gasteiger partial charge in [-0.05, 0) is 24.3 Å². The number of ether oxygens (including phenoxy) is 4. The zero-order valence-electron chi connectivity index (χ0n) is 18.9. The van der Waals surface area contributed by atoms with E-state index in [4.69, 9.17) is 18.9 Å². The number of rotatable bonds is 4. The van der Waals surface area contributed by atoms with Gasteiger partial charge in [0.15, 0.2) is 0 Å². The number of benzene rings is 2. The molecule has 0 atom stereocenters. The second-order valence-corrected chi connectivity index (χ2v) is 7.18. The maximum atomic E-state index is 14.5. The topological polar surface area (TPSA) is 36.9 Å². The van der Waals surface area contributed by atoms with Crippen molar-refractivity contribution < 1.29 is 45.3 Å². The predicted octanol–water partition coefficient (Wildman–Crippen LogP) is 5.34. The molecule has 2 aromatic carbocycles. The van der Waals surface area contributed by atoms with Crippen LogP contribution in [0.3, 0.4) is 0 Å². The molecule has 0 bridgehead atoms. The smallest absolute Gasteiger partial charge is 0.382 e. The van der Waals surface area contributed by atoms with Crippen LogP contribution in [0, 0.1) is 23.7 Å². The third-order valence-electron chi connectivity index (χ3n) is 5.03. The minimum Gasteiger partial charge on any atom is -0.497 e. The Morgan fingerprint density at radius 2 is 0.771 bits per heavy atom. The standard InChI is InChI=1S/C25H18F6O4/c1-32-17-9-15(10-18(13-17)33-2)5-7-21-22(24(28,29)25(30,31)23(21,26)27)8-6-16-11-19(34-3)14-20(12-16)35-4/h9-14H,1-4H3. The van der Waals surface area contributed by atoms with Crippen molar-refractivity contribution in [1.82, 2.24) is 0 Å². The van der Waals surface area contributed by atoms with Crippen LogP contribution in [0.5, 0.6) is 23.0 Å². The van der Waals surface area contributed by atoms with E-state index in [-0.39, 0.29) is 34.1 Å². The lowest BCUT2D eigenvalue weighted by Gasteiger charge is -2.24. The van der Waals surface area contributed by atoms with Crippen LogP contribution in [-0.2, 0) is 0 Å². The monoisotopic (exact) mass is 496 g/mol. The molecule has 2 aromatic rings. The summed E-state index contributed by atoms with van der Waals surface area (Å²) in [6.45, 7) is 0. The SMILES string of the molecule is COc1cc(C#CC2=C(C#Cc3cc(OC)cc(OC)c3)C(F)(F)C(F)(F)C2(F)F)cc(OC)c1. The summed E-state index contributed by atoms with van der Waals surface area (Å²) in [4.78, 5) is 0. The lowest BCUT2D eigenvalue weighted by atomic mass is 10.1. The fourth-order valence-corrected chi connectivity index (χ4v) is 3.14. The van der Waals surface area contributed by atoms with Crippen LogP contribution in [0.4, 0.5) is 26.3 Å². The van der Waals surface area contributed by atoms with Gasteiger partial charge in [0.2, 0.25) is 0 Å². The van der Waals surface area contributed by atoms with Gasteiger partial charge in [-0.2, -0.15) is 26.3 Å². The molecule has 0 saturated carbocycles. The van der Waals surface area contributed by atoms with E-state index in [1.807, 2.05) is 0 Å². The number of allylic oxidation sites excluding steroid dienone is 2. The highest BCUT2D eigenvalue weighted by Gasteiger charge is 2.80. The van der Waals surface area contributed by atoms with Crippen LogP contribution in [0.15, 0.2) is 47.5 Å². The molecule has 0 spiro atoms. The minimum absolute atomic E-state index is 0.00729. The van der Waals surface area contributed by atoms with Crippen molar-refractivity contribution in [3.63, 3.8) is 0 Å². The molecule has 0 N–H and O–H groups in total. The summed E-state index contributed by atoms with van der Waals surface area (Å²) < 4.78 is 107. The van der Waals surface area contributed by atoms with Gasteiger partial charge in [-0.3, -0.25) is 0 Å². The maximum Gasteiger partial charge on any atom is 0.382 e. The summed E-state index contributed by atoms with van der Waals surface area (Å²) >= 11 is 0. The molecule has 10 heteroatoms. The molecule has 0 aliphatic heterocycles. The van der Waals surface area contributed by atoms with E-state index in [0.717, 1.165) is 0 Å². The largest absolute Gasteiger partial charge is 0.497 e. The minimum atomic E-state index is -5.74. The second kappa shape index (κ2) is 9.38. The lowest BCUT2D eigenvalue weighted by molar-refractivity contribution is -0.263. The van der Waals surface area contributed by atoms with Crippen molar-refractivity contribution in [2.75, 3.05) is 28.4 Å². The number of halogens is 6. The molecule has 0 fully saturated rings. The van der Waals surface area contributed by atoms with E-state index in [0.29, 0.717) is 0 Å². The summed E-state index contributed by atoms with van der Waals surface area (Å²) in [7, 11) is 5.29. The van der Waals surface area contributed by atoms with Crippen molar-refractivity contribution in [1.29, 1.82) is 0 Å². The zero-order valence-corrected chi connectivity index (χ0v) is 18.9. The first-order chi connectivity index (χ1) is 16.4. The molecule has 1 aliphatic rings. The van der Waals surface area contributed by atoms with Crippen LogP contribution in [0.2, 0.25) is 0 Å². The summed E-state index contributed by atoms with van der Waals surface area (Å²) in [6.07, 6.45) is 0.